The van der Waals surface area contributed by atoms with Crippen molar-refractivity contribution in [3.05, 3.63) is 29.8 Å². The van der Waals surface area contributed by atoms with Crippen LogP contribution in [0.1, 0.15) is 18.9 Å². The summed E-state index contributed by atoms with van der Waals surface area (Å²) in [5.41, 5.74) is 1.52. The molecule has 0 saturated heterocycles. The molecule has 1 amide bonds. The van der Waals surface area contributed by atoms with Crippen molar-refractivity contribution in [2.45, 2.75) is 19.4 Å². The van der Waals surface area contributed by atoms with E-state index in [0.29, 0.717) is 18.7 Å². The zero-order valence-electron chi connectivity index (χ0n) is 12.2. The molecule has 0 aromatic heterocycles. The van der Waals surface area contributed by atoms with E-state index in [4.69, 9.17) is 10.00 Å². The minimum Gasteiger partial charge on any atom is -0.385 e. The minimum absolute atomic E-state index is 0.0204. The molecule has 0 aliphatic heterocycles. The second-order valence-corrected chi connectivity index (χ2v) is 4.58. The number of nitrogens with zero attached hydrogens (tertiary/aromatic N) is 2. The van der Waals surface area contributed by atoms with Gasteiger partial charge in [-0.05, 0) is 37.6 Å². The molecule has 0 radical (unpaired) electrons. The molecule has 0 aliphatic rings. The zero-order chi connectivity index (χ0) is 15.0. The summed E-state index contributed by atoms with van der Waals surface area (Å²) < 4.78 is 4.93. The third-order valence-corrected chi connectivity index (χ3v) is 3.19. The van der Waals surface area contributed by atoms with Gasteiger partial charge in [-0.3, -0.25) is 4.79 Å². The molecule has 1 N–H and O–H groups in total. The van der Waals surface area contributed by atoms with E-state index in [9.17, 15) is 4.79 Å². The van der Waals surface area contributed by atoms with Gasteiger partial charge in [-0.2, -0.15) is 5.26 Å². The molecule has 0 saturated carbocycles. The zero-order valence-corrected chi connectivity index (χ0v) is 12.2. The molecule has 1 aromatic rings. The lowest BCUT2D eigenvalue weighted by molar-refractivity contribution is -0.122. The van der Waals surface area contributed by atoms with E-state index < -0.39 is 0 Å². The molecule has 5 heteroatoms. The molecule has 1 rings (SSSR count). The Morgan fingerprint density at radius 1 is 1.45 bits per heavy atom. The van der Waals surface area contributed by atoms with Crippen molar-refractivity contribution in [2.75, 3.05) is 32.2 Å². The molecule has 0 aliphatic carbocycles. The van der Waals surface area contributed by atoms with Crippen LogP contribution < -0.4 is 10.2 Å². The minimum atomic E-state index is -0.273. The summed E-state index contributed by atoms with van der Waals surface area (Å²) in [6.45, 7) is 3.10. The fourth-order valence-corrected chi connectivity index (χ4v) is 1.75. The van der Waals surface area contributed by atoms with E-state index in [1.807, 2.05) is 31.0 Å². The number of likely N-dealkylation sites (N-methyl/N-ethyl adjacent to an activating group) is 1. The summed E-state index contributed by atoms with van der Waals surface area (Å²) >= 11 is 0. The average Bonchev–Trinajstić information content (AvgIpc) is 2.50. The third kappa shape index (κ3) is 4.56. The number of ether oxygens (including phenoxy) is 1. The standard InChI is InChI=1S/C15H21N3O2/c1-12(15(19)17-9-4-10-20-3)18(2)14-7-5-13(11-16)6-8-14/h5-8,12H,4,9-10H2,1-3H3,(H,17,19). The van der Waals surface area contributed by atoms with E-state index in [-0.39, 0.29) is 11.9 Å². The van der Waals surface area contributed by atoms with Crippen molar-refractivity contribution in [3.8, 4) is 6.07 Å². The quantitative estimate of drug-likeness (QED) is 0.767. The van der Waals surface area contributed by atoms with Crippen LogP contribution in [-0.4, -0.2) is 39.3 Å². The lowest BCUT2D eigenvalue weighted by Crippen LogP contribution is -2.43. The Labute approximate surface area is 120 Å². The highest BCUT2D eigenvalue weighted by molar-refractivity contribution is 5.84. The number of methoxy groups -OCH3 is 1. The van der Waals surface area contributed by atoms with E-state index in [1.54, 1.807) is 19.2 Å². The first-order valence-electron chi connectivity index (χ1n) is 6.59. The number of carbonyl (C=O) groups excluding carboxylic acids is 1. The van der Waals surface area contributed by atoms with Crippen molar-refractivity contribution < 1.29 is 9.53 Å². The van der Waals surface area contributed by atoms with Crippen molar-refractivity contribution in [2.24, 2.45) is 0 Å². The maximum absolute atomic E-state index is 12.0. The lowest BCUT2D eigenvalue weighted by atomic mass is 10.2. The van der Waals surface area contributed by atoms with Gasteiger partial charge in [0.1, 0.15) is 6.04 Å². The molecule has 1 aromatic carbocycles. The van der Waals surface area contributed by atoms with Gasteiger partial charge < -0.3 is 15.0 Å². The van der Waals surface area contributed by atoms with Crippen LogP contribution in [0.5, 0.6) is 0 Å². The largest absolute Gasteiger partial charge is 0.385 e. The number of benzene rings is 1. The van der Waals surface area contributed by atoms with Gasteiger partial charge in [0, 0.05) is 33.0 Å². The highest BCUT2D eigenvalue weighted by atomic mass is 16.5. The van der Waals surface area contributed by atoms with E-state index in [0.717, 1.165) is 12.1 Å². The van der Waals surface area contributed by atoms with Crippen LogP contribution in [0.4, 0.5) is 5.69 Å². The van der Waals surface area contributed by atoms with Crippen LogP contribution in [0.25, 0.3) is 0 Å². The molecular formula is C15H21N3O2. The smallest absolute Gasteiger partial charge is 0.242 e. The number of amides is 1. The van der Waals surface area contributed by atoms with Crippen molar-refractivity contribution in [3.63, 3.8) is 0 Å². The fraction of sp³-hybridized carbons (Fsp3) is 0.467. The van der Waals surface area contributed by atoms with Crippen molar-refractivity contribution in [1.82, 2.24) is 5.32 Å². The monoisotopic (exact) mass is 275 g/mol. The summed E-state index contributed by atoms with van der Waals surface area (Å²) in [5.74, 6) is -0.0204. The highest BCUT2D eigenvalue weighted by Crippen LogP contribution is 2.15. The van der Waals surface area contributed by atoms with E-state index >= 15 is 0 Å². The number of carbonyl (C=O) groups is 1. The van der Waals surface area contributed by atoms with Crippen LogP contribution in [0.3, 0.4) is 0 Å². The first-order valence-corrected chi connectivity index (χ1v) is 6.59. The van der Waals surface area contributed by atoms with Gasteiger partial charge >= 0.3 is 0 Å². The Kier molecular flexibility index (Phi) is 6.54. The normalized spacial score (nSPS) is 11.5. The van der Waals surface area contributed by atoms with E-state index in [1.165, 1.54) is 0 Å². The lowest BCUT2D eigenvalue weighted by Gasteiger charge is -2.26. The molecule has 0 bridgehead atoms. The molecule has 20 heavy (non-hydrogen) atoms. The summed E-state index contributed by atoms with van der Waals surface area (Å²) in [4.78, 5) is 13.9. The van der Waals surface area contributed by atoms with Crippen LogP contribution in [0.2, 0.25) is 0 Å². The number of nitrogens with one attached hydrogen (secondary N) is 1. The van der Waals surface area contributed by atoms with Gasteiger partial charge in [-0.25, -0.2) is 0 Å². The fourth-order valence-electron chi connectivity index (χ4n) is 1.75. The molecule has 108 valence electrons. The van der Waals surface area contributed by atoms with Crippen LogP contribution >= 0.6 is 0 Å². The maximum atomic E-state index is 12.0. The summed E-state index contributed by atoms with van der Waals surface area (Å²) in [5, 5.41) is 11.6. The first-order chi connectivity index (χ1) is 9.60. The Morgan fingerprint density at radius 3 is 2.65 bits per heavy atom. The van der Waals surface area contributed by atoms with Crippen LogP contribution in [-0.2, 0) is 9.53 Å². The molecule has 0 heterocycles. The number of anilines is 1. The Morgan fingerprint density at radius 2 is 2.10 bits per heavy atom. The van der Waals surface area contributed by atoms with E-state index in [2.05, 4.69) is 11.4 Å². The molecule has 5 nitrogen and oxygen atoms in total. The summed E-state index contributed by atoms with van der Waals surface area (Å²) in [6.07, 6.45) is 0.801. The van der Waals surface area contributed by atoms with Gasteiger partial charge in [0.25, 0.3) is 0 Å². The predicted molar refractivity (Wildman–Crippen MR) is 78.5 cm³/mol. The molecule has 1 atom stereocenters. The molecule has 1 unspecified atom stereocenters. The van der Waals surface area contributed by atoms with Gasteiger partial charge in [0.05, 0.1) is 11.6 Å². The van der Waals surface area contributed by atoms with Gasteiger partial charge in [-0.1, -0.05) is 0 Å². The number of nitriles is 1. The average molecular weight is 275 g/mol. The maximum Gasteiger partial charge on any atom is 0.242 e. The summed E-state index contributed by atoms with van der Waals surface area (Å²) in [7, 11) is 3.50. The Balaban J connectivity index is 2.54. The van der Waals surface area contributed by atoms with Gasteiger partial charge in [0.2, 0.25) is 5.91 Å². The van der Waals surface area contributed by atoms with Crippen LogP contribution in [0, 0.1) is 11.3 Å². The number of hydrogen-bond donors (Lipinski definition) is 1. The van der Waals surface area contributed by atoms with Crippen LogP contribution in [0.15, 0.2) is 24.3 Å². The molecular weight excluding hydrogens is 254 g/mol. The molecule has 0 spiro atoms. The SMILES string of the molecule is COCCCNC(=O)C(C)N(C)c1ccc(C#N)cc1. The number of rotatable bonds is 7. The Bertz CT molecular complexity index is 465. The first kappa shape index (κ1) is 16.0. The second-order valence-electron chi connectivity index (χ2n) is 4.58. The predicted octanol–water partition coefficient (Wildman–Crippen LogP) is 1.54. The second kappa shape index (κ2) is 8.18. The summed E-state index contributed by atoms with van der Waals surface area (Å²) in [6, 6.07) is 8.97. The van der Waals surface area contributed by atoms with Gasteiger partial charge in [0.15, 0.2) is 0 Å². The Hall–Kier alpha value is -2.06. The van der Waals surface area contributed by atoms with Crippen molar-refractivity contribution in [1.29, 1.82) is 5.26 Å². The number of hydrogen-bond acceptors (Lipinski definition) is 4. The van der Waals surface area contributed by atoms with Gasteiger partial charge in [-0.15, -0.1) is 0 Å². The third-order valence-electron chi connectivity index (χ3n) is 3.19. The molecule has 0 fully saturated rings. The topological polar surface area (TPSA) is 65.4 Å². The van der Waals surface area contributed by atoms with Crippen molar-refractivity contribution >= 4 is 11.6 Å². The highest BCUT2D eigenvalue weighted by Gasteiger charge is 2.17.